The van der Waals surface area contributed by atoms with Gasteiger partial charge in [-0.25, -0.2) is 4.79 Å². The molecule has 0 amide bonds. The van der Waals surface area contributed by atoms with Gasteiger partial charge in [-0.3, -0.25) is 0 Å². The third kappa shape index (κ3) is 2.27. The smallest absolute Gasteiger partial charge is 0.331 e. The number of carbonyl (C=O) groups excluding carboxylic acids is 1. The number of carbonyl (C=O) groups is 1. The highest BCUT2D eigenvalue weighted by Crippen LogP contribution is 2.69. The summed E-state index contributed by atoms with van der Waals surface area (Å²) in [6.07, 6.45) is 7.69. The van der Waals surface area contributed by atoms with Crippen molar-refractivity contribution in [1.82, 2.24) is 0 Å². The molecule has 4 fully saturated rings. The van der Waals surface area contributed by atoms with E-state index in [1.54, 1.807) is 6.08 Å². The monoisotopic (exact) mass is 390 g/mol. The van der Waals surface area contributed by atoms with Crippen molar-refractivity contribution in [2.24, 2.45) is 34.5 Å². The Morgan fingerprint density at radius 3 is 2.54 bits per heavy atom. The van der Waals surface area contributed by atoms with Crippen molar-refractivity contribution >= 4 is 5.97 Å². The molecule has 9 atom stereocenters. The van der Waals surface area contributed by atoms with Crippen LogP contribution in [0.15, 0.2) is 11.6 Å². The number of aliphatic hydroxyl groups is 3. The molecule has 0 bridgehead atoms. The Bertz CT molecular complexity index is 718. The fourth-order valence-corrected chi connectivity index (χ4v) is 8.37. The van der Waals surface area contributed by atoms with Gasteiger partial charge in [-0.1, -0.05) is 13.8 Å². The van der Waals surface area contributed by atoms with Crippen LogP contribution in [0.3, 0.4) is 0 Å². The zero-order valence-corrected chi connectivity index (χ0v) is 17.1. The largest absolute Gasteiger partial charge is 0.458 e. The molecule has 3 N–H and O–H groups in total. The highest BCUT2D eigenvalue weighted by atomic mass is 16.5. The maximum atomic E-state index is 12.1. The van der Waals surface area contributed by atoms with Crippen LogP contribution in [-0.2, 0) is 9.53 Å². The molecule has 5 aliphatic rings. The molecule has 5 nitrogen and oxygen atoms in total. The van der Waals surface area contributed by atoms with E-state index in [9.17, 15) is 20.1 Å². The van der Waals surface area contributed by atoms with Gasteiger partial charge in [-0.15, -0.1) is 0 Å². The molecule has 0 spiro atoms. The quantitative estimate of drug-likeness (QED) is 0.599. The number of hydrogen-bond donors (Lipinski definition) is 3. The first-order chi connectivity index (χ1) is 13.2. The molecule has 28 heavy (non-hydrogen) atoms. The summed E-state index contributed by atoms with van der Waals surface area (Å²) in [5.74, 6) is 0.657. The van der Waals surface area contributed by atoms with Crippen molar-refractivity contribution in [3.8, 4) is 0 Å². The Morgan fingerprint density at radius 1 is 1.04 bits per heavy atom. The number of fused-ring (bicyclic) bond motifs is 5. The number of cyclic esters (lactones) is 1. The average Bonchev–Trinajstić information content (AvgIpc) is 3.19. The SMILES string of the molecule is C[C@@]12CC[C@@H](O)C[C@@H]1CC[C@H]1[C@@H]2C[C@H](O)[C@]2(C)[C@H](C3=CC(=O)OC3)CC[C@]12O. The Morgan fingerprint density at radius 2 is 1.82 bits per heavy atom. The third-order valence-corrected chi connectivity index (χ3v) is 10.0. The van der Waals surface area contributed by atoms with Gasteiger partial charge in [0.1, 0.15) is 6.61 Å². The predicted octanol–water partition coefficient (Wildman–Crippen LogP) is 2.58. The lowest BCUT2D eigenvalue weighted by molar-refractivity contribution is -0.244. The minimum Gasteiger partial charge on any atom is -0.458 e. The van der Waals surface area contributed by atoms with E-state index in [-0.39, 0.29) is 29.3 Å². The van der Waals surface area contributed by atoms with Crippen LogP contribution in [0.2, 0.25) is 0 Å². The highest BCUT2D eigenvalue weighted by molar-refractivity contribution is 5.85. The molecule has 0 unspecified atom stereocenters. The summed E-state index contributed by atoms with van der Waals surface area (Å²) in [7, 11) is 0. The van der Waals surface area contributed by atoms with Gasteiger partial charge in [0.05, 0.1) is 17.8 Å². The van der Waals surface area contributed by atoms with Crippen LogP contribution in [0.25, 0.3) is 0 Å². The lowest BCUT2D eigenvalue weighted by Gasteiger charge is -2.64. The zero-order valence-electron chi connectivity index (χ0n) is 17.1. The second-order valence-electron chi connectivity index (χ2n) is 10.8. The summed E-state index contributed by atoms with van der Waals surface area (Å²) in [6.45, 7) is 4.69. The number of hydrogen-bond acceptors (Lipinski definition) is 5. The zero-order chi connectivity index (χ0) is 19.9. The molecule has 4 saturated carbocycles. The van der Waals surface area contributed by atoms with Gasteiger partial charge in [0.2, 0.25) is 0 Å². The van der Waals surface area contributed by atoms with Crippen LogP contribution in [0.5, 0.6) is 0 Å². The Kier molecular flexibility index (Phi) is 4.12. The molecule has 1 aliphatic heterocycles. The number of rotatable bonds is 1. The van der Waals surface area contributed by atoms with Gasteiger partial charge < -0.3 is 20.1 Å². The van der Waals surface area contributed by atoms with Crippen molar-refractivity contribution in [3.05, 3.63) is 11.6 Å². The van der Waals surface area contributed by atoms with Crippen molar-refractivity contribution in [2.45, 2.75) is 83.0 Å². The van der Waals surface area contributed by atoms with Crippen molar-refractivity contribution in [1.29, 1.82) is 0 Å². The Labute approximate surface area is 167 Å². The van der Waals surface area contributed by atoms with E-state index >= 15 is 0 Å². The second kappa shape index (κ2) is 6.05. The van der Waals surface area contributed by atoms with Crippen molar-refractivity contribution < 1.29 is 24.9 Å². The first-order valence-corrected chi connectivity index (χ1v) is 11.2. The van der Waals surface area contributed by atoms with E-state index in [4.69, 9.17) is 4.74 Å². The number of ether oxygens (including phenoxy) is 1. The maximum absolute atomic E-state index is 12.1. The van der Waals surface area contributed by atoms with Crippen molar-refractivity contribution in [3.63, 3.8) is 0 Å². The van der Waals surface area contributed by atoms with Gasteiger partial charge in [0, 0.05) is 11.5 Å². The standard InChI is InChI=1S/C23H34O5/c1-21-7-5-15(24)10-14(21)3-4-17-18(21)11-19(25)22(2)16(6-8-23(17,22)27)13-9-20(26)28-12-13/h9,14-19,24-25,27H,3-8,10-12H2,1-2H3/t14-,15+,16-,17-,18-,19-,21+,22-,23-/m0/s1. The lowest BCUT2D eigenvalue weighted by atomic mass is 9.42. The Hall–Kier alpha value is -0.910. The maximum Gasteiger partial charge on any atom is 0.331 e. The van der Waals surface area contributed by atoms with E-state index in [1.807, 2.05) is 6.92 Å². The molecule has 1 heterocycles. The minimum atomic E-state index is -0.906. The van der Waals surface area contributed by atoms with Crippen LogP contribution >= 0.6 is 0 Å². The van der Waals surface area contributed by atoms with Crippen LogP contribution in [0, 0.1) is 34.5 Å². The summed E-state index contributed by atoms with van der Waals surface area (Å²) >= 11 is 0. The summed E-state index contributed by atoms with van der Waals surface area (Å²) in [4.78, 5) is 11.6. The number of esters is 1. The highest BCUT2D eigenvalue weighted by Gasteiger charge is 2.70. The van der Waals surface area contributed by atoms with Gasteiger partial charge in [-0.05, 0) is 86.0 Å². The van der Waals surface area contributed by atoms with Crippen molar-refractivity contribution in [2.75, 3.05) is 6.61 Å². The van der Waals surface area contributed by atoms with Crippen LogP contribution in [0.4, 0.5) is 0 Å². The summed E-state index contributed by atoms with van der Waals surface area (Å²) in [6, 6.07) is 0. The normalized spacial score (nSPS) is 55.8. The van der Waals surface area contributed by atoms with Gasteiger partial charge in [-0.2, -0.15) is 0 Å². The molecule has 0 radical (unpaired) electrons. The number of aliphatic hydroxyl groups excluding tert-OH is 2. The molecule has 156 valence electrons. The summed E-state index contributed by atoms with van der Waals surface area (Å²) < 4.78 is 5.16. The van der Waals surface area contributed by atoms with Crippen LogP contribution < -0.4 is 0 Å². The molecular weight excluding hydrogens is 356 g/mol. The molecular formula is C23H34O5. The van der Waals surface area contributed by atoms with Gasteiger partial charge in [0.15, 0.2) is 0 Å². The first-order valence-electron chi connectivity index (χ1n) is 11.2. The van der Waals surface area contributed by atoms with Crippen LogP contribution in [-0.4, -0.2) is 45.7 Å². The van der Waals surface area contributed by atoms with E-state index < -0.39 is 17.1 Å². The molecule has 4 aliphatic carbocycles. The molecule has 0 aromatic carbocycles. The van der Waals surface area contributed by atoms with E-state index in [0.29, 0.717) is 31.3 Å². The topological polar surface area (TPSA) is 87.0 Å². The van der Waals surface area contributed by atoms with E-state index in [0.717, 1.165) is 44.1 Å². The molecule has 0 aromatic rings. The fraction of sp³-hybridized carbons (Fsp3) is 0.870. The van der Waals surface area contributed by atoms with E-state index in [1.165, 1.54) is 0 Å². The third-order valence-electron chi connectivity index (χ3n) is 10.0. The first kappa shape index (κ1) is 19.1. The van der Waals surface area contributed by atoms with Gasteiger partial charge >= 0.3 is 5.97 Å². The van der Waals surface area contributed by atoms with Crippen LogP contribution in [0.1, 0.15) is 65.2 Å². The molecule has 5 rings (SSSR count). The fourth-order valence-electron chi connectivity index (χ4n) is 8.37. The molecule has 5 heteroatoms. The summed E-state index contributed by atoms with van der Waals surface area (Å²) in [5, 5.41) is 33.7. The second-order valence-corrected chi connectivity index (χ2v) is 10.8. The average molecular weight is 391 g/mol. The van der Waals surface area contributed by atoms with E-state index in [2.05, 4.69) is 6.92 Å². The lowest BCUT2D eigenvalue weighted by Crippen LogP contribution is -2.67. The minimum absolute atomic E-state index is 0.00129. The molecule has 0 aromatic heterocycles. The Balaban J connectivity index is 1.51. The summed E-state index contributed by atoms with van der Waals surface area (Å²) in [5.41, 5.74) is -0.507. The molecule has 0 saturated heterocycles. The predicted molar refractivity (Wildman–Crippen MR) is 103 cm³/mol. The van der Waals surface area contributed by atoms with Gasteiger partial charge in [0.25, 0.3) is 0 Å².